The van der Waals surface area contributed by atoms with E-state index in [-0.39, 0.29) is 5.56 Å². The highest BCUT2D eigenvalue weighted by atomic mass is 79.9. The quantitative estimate of drug-likeness (QED) is 0.703. The number of rotatable bonds is 1. The molecule has 0 aliphatic carbocycles. The van der Waals surface area contributed by atoms with Crippen LogP contribution < -0.4 is 4.74 Å². The standard InChI is InChI=1S/C9H11BrO/c1-6-7(2)9(11-3)5-4-8(6)10/h4-5H,1-3H3/i2D3. The summed E-state index contributed by atoms with van der Waals surface area (Å²) in [6.07, 6.45) is 0. The van der Waals surface area contributed by atoms with E-state index in [1.807, 2.05) is 0 Å². The van der Waals surface area contributed by atoms with Crippen LogP contribution in [0.25, 0.3) is 0 Å². The molecular formula is C9H11BrO. The summed E-state index contributed by atoms with van der Waals surface area (Å²) in [5.74, 6) is 0.408. The van der Waals surface area contributed by atoms with Gasteiger partial charge in [0.25, 0.3) is 0 Å². The molecule has 0 spiro atoms. The van der Waals surface area contributed by atoms with Crippen molar-refractivity contribution in [2.24, 2.45) is 0 Å². The summed E-state index contributed by atoms with van der Waals surface area (Å²) in [7, 11) is 1.47. The first-order valence-electron chi connectivity index (χ1n) is 4.71. The first-order valence-corrected chi connectivity index (χ1v) is 4.01. The number of methoxy groups -OCH3 is 1. The van der Waals surface area contributed by atoms with E-state index in [2.05, 4.69) is 15.9 Å². The zero-order valence-electron chi connectivity index (χ0n) is 9.44. The Kier molecular flexibility index (Phi) is 1.54. The highest BCUT2D eigenvalue weighted by Crippen LogP contribution is 2.26. The highest BCUT2D eigenvalue weighted by Gasteiger charge is 2.02. The second kappa shape index (κ2) is 3.26. The molecule has 1 rings (SSSR count). The van der Waals surface area contributed by atoms with Crippen LogP contribution in [0.15, 0.2) is 16.6 Å². The largest absolute Gasteiger partial charge is 0.496 e. The normalized spacial score (nSPS) is 15.0. The van der Waals surface area contributed by atoms with Crippen LogP contribution in [0.3, 0.4) is 0 Å². The molecule has 1 aromatic rings. The van der Waals surface area contributed by atoms with Crippen molar-refractivity contribution in [3.05, 3.63) is 27.7 Å². The lowest BCUT2D eigenvalue weighted by atomic mass is 10.1. The predicted octanol–water partition coefficient (Wildman–Crippen LogP) is 3.07. The molecule has 1 aromatic carbocycles. The van der Waals surface area contributed by atoms with Gasteiger partial charge in [-0.3, -0.25) is 0 Å². The Morgan fingerprint density at radius 2 is 2.18 bits per heavy atom. The number of benzene rings is 1. The Balaban J connectivity index is 3.44. The minimum absolute atomic E-state index is 0.273. The van der Waals surface area contributed by atoms with E-state index in [1.54, 1.807) is 19.1 Å². The molecule has 0 bridgehead atoms. The van der Waals surface area contributed by atoms with Crippen molar-refractivity contribution in [1.82, 2.24) is 0 Å². The van der Waals surface area contributed by atoms with E-state index >= 15 is 0 Å². The summed E-state index contributed by atoms with van der Waals surface area (Å²) < 4.78 is 28.0. The Morgan fingerprint density at radius 1 is 1.45 bits per heavy atom. The Morgan fingerprint density at radius 3 is 2.73 bits per heavy atom. The van der Waals surface area contributed by atoms with Gasteiger partial charge in [0.2, 0.25) is 0 Å². The van der Waals surface area contributed by atoms with Crippen LogP contribution in [0.4, 0.5) is 0 Å². The summed E-state index contributed by atoms with van der Waals surface area (Å²) in [5.41, 5.74) is 0.971. The van der Waals surface area contributed by atoms with Crippen LogP contribution >= 0.6 is 15.9 Å². The van der Waals surface area contributed by atoms with Gasteiger partial charge in [-0.25, -0.2) is 0 Å². The molecule has 0 aromatic heterocycles. The predicted molar refractivity (Wildman–Crippen MR) is 50.2 cm³/mol. The average Bonchev–Trinajstić information content (AvgIpc) is 2.07. The molecule has 0 atom stereocenters. The minimum atomic E-state index is -2.14. The van der Waals surface area contributed by atoms with Crippen molar-refractivity contribution in [3.63, 3.8) is 0 Å². The zero-order chi connectivity index (χ0) is 10.9. The van der Waals surface area contributed by atoms with Crippen molar-refractivity contribution in [2.75, 3.05) is 7.11 Å². The van der Waals surface area contributed by atoms with Gasteiger partial charge in [0.1, 0.15) is 5.75 Å². The molecule has 0 radical (unpaired) electrons. The van der Waals surface area contributed by atoms with Crippen LogP contribution in [0.5, 0.6) is 5.75 Å². The Labute approximate surface area is 79.7 Å². The smallest absolute Gasteiger partial charge is 0.122 e. The molecule has 0 saturated carbocycles. The molecule has 0 aliphatic heterocycles. The van der Waals surface area contributed by atoms with Crippen LogP contribution in [0.1, 0.15) is 15.2 Å². The SMILES string of the molecule is [2H]C([2H])([2H])c1c(OC)ccc(Br)c1C. The molecule has 0 unspecified atom stereocenters. The molecule has 2 heteroatoms. The molecule has 0 amide bonds. The lowest BCUT2D eigenvalue weighted by Crippen LogP contribution is -1.89. The summed E-state index contributed by atoms with van der Waals surface area (Å²) in [5, 5.41) is 0. The number of halogens is 1. The third-order valence-electron chi connectivity index (χ3n) is 1.58. The third-order valence-corrected chi connectivity index (χ3v) is 2.44. The summed E-state index contributed by atoms with van der Waals surface area (Å²) in [4.78, 5) is 0. The first kappa shape index (κ1) is 5.20. The summed E-state index contributed by atoms with van der Waals surface area (Å²) in [6.45, 7) is -0.381. The molecular weight excluding hydrogens is 204 g/mol. The van der Waals surface area contributed by atoms with Gasteiger partial charge in [0, 0.05) is 8.58 Å². The minimum Gasteiger partial charge on any atom is -0.496 e. The fourth-order valence-electron chi connectivity index (χ4n) is 0.832. The Hall–Kier alpha value is -0.500. The van der Waals surface area contributed by atoms with E-state index in [4.69, 9.17) is 8.85 Å². The number of ether oxygens (including phenoxy) is 1. The monoisotopic (exact) mass is 217 g/mol. The summed E-state index contributed by atoms with van der Waals surface area (Å²) >= 11 is 3.30. The molecule has 11 heavy (non-hydrogen) atoms. The topological polar surface area (TPSA) is 9.23 Å². The van der Waals surface area contributed by atoms with Gasteiger partial charge in [-0.05, 0) is 37.0 Å². The third kappa shape index (κ3) is 1.56. The fraction of sp³-hybridized carbons (Fsp3) is 0.333. The highest BCUT2D eigenvalue weighted by molar-refractivity contribution is 9.10. The molecule has 60 valence electrons. The maximum atomic E-state index is 7.39. The molecule has 0 saturated heterocycles. The van der Waals surface area contributed by atoms with E-state index < -0.39 is 6.85 Å². The van der Waals surface area contributed by atoms with Crippen molar-refractivity contribution in [3.8, 4) is 5.75 Å². The lowest BCUT2D eigenvalue weighted by molar-refractivity contribution is 0.411. The van der Waals surface area contributed by atoms with Crippen LogP contribution in [0.2, 0.25) is 0 Å². The second-order valence-corrected chi connectivity index (χ2v) is 3.10. The Bertz CT molecular complexity index is 347. The van der Waals surface area contributed by atoms with Crippen LogP contribution in [0, 0.1) is 13.8 Å². The molecule has 1 nitrogen and oxygen atoms in total. The first-order chi connectivity index (χ1) is 6.38. The van der Waals surface area contributed by atoms with Gasteiger partial charge in [0.15, 0.2) is 0 Å². The van der Waals surface area contributed by atoms with Gasteiger partial charge >= 0.3 is 0 Å². The molecule has 0 fully saturated rings. The van der Waals surface area contributed by atoms with Gasteiger partial charge in [0.05, 0.1) is 7.11 Å². The van der Waals surface area contributed by atoms with Crippen LogP contribution in [-0.2, 0) is 0 Å². The van der Waals surface area contributed by atoms with Crippen molar-refractivity contribution in [1.29, 1.82) is 0 Å². The molecule has 0 aliphatic rings. The van der Waals surface area contributed by atoms with Crippen molar-refractivity contribution >= 4 is 15.9 Å². The van der Waals surface area contributed by atoms with Gasteiger partial charge in [-0.2, -0.15) is 0 Å². The van der Waals surface area contributed by atoms with Crippen molar-refractivity contribution < 1.29 is 8.85 Å². The lowest BCUT2D eigenvalue weighted by Gasteiger charge is -2.07. The summed E-state index contributed by atoms with van der Waals surface area (Å²) in [6, 6.07) is 3.43. The fourth-order valence-corrected chi connectivity index (χ4v) is 1.16. The van der Waals surface area contributed by atoms with E-state index in [9.17, 15) is 0 Å². The second-order valence-electron chi connectivity index (χ2n) is 2.25. The maximum absolute atomic E-state index is 7.39. The average molecular weight is 218 g/mol. The van der Waals surface area contributed by atoms with Gasteiger partial charge in [-0.1, -0.05) is 15.9 Å². The van der Waals surface area contributed by atoms with E-state index in [0.29, 0.717) is 11.3 Å². The van der Waals surface area contributed by atoms with E-state index in [1.165, 1.54) is 7.11 Å². The zero-order valence-corrected chi connectivity index (χ0v) is 8.03. The van der Waals surface area contributed by atoms with E-state index in [0.717, 1.165) is 4.47 Å². The van der Waals surface area contributed by atoms with Gasteiger partial charge < -0.3 is 4.74 Å². The van der Waals surface area contributed by atoms with Crippen molar-refractivity contribution in [2.45, 2.75) is 13.8 Å². The number of hydrogen-bond donors (Lipinski definition) is 0. The van der Waals surface area contributed by atoms with Crippen LogP contribution in [-0.4, -0.2) is 7.11 Å². The van der Waals surface area contributed by atoms with Gasteiger partial charge in [-0.15, -0.1) is 0 Å². The molecule has 0 N–H and O–H groups in total. The number of hydrogen-bond acceptors (Lipinski definition) is 1. The maximum Gasteiger partial charge on any atom is 0.122 e. The molecule has 0 heterocycles.